The molecule has 0 aliphatic carbocycles. The van der Waals surface area contributed by atoms with Crippen LogP contribution in [0.25, 0.3) is 22.5 Å². The molecular formula is C27H32N6O2. The number of hydrogen-bond donors (Lipinski definition) is 1. The quantitative estimate of drug-likeness (QED) is 0.326. The maximum atomic E-state index is 13.5. The predicted octanol–water partition coefficient (Wildman–Crippen LogP) is 4.37. The summed E-state index contributed by atoms with van der Waals surface area (Å²) in [6.45, 7) is 7.66. The number of rotatable bonds is 11. The number of nitrogens with one attached hydrogen (secondary N) is 1. The highest BCUT2D eigenvalue weighted by atomic mass is 16.5. The SMILES string of the molecule is CCCCc1nc(C)n(CCOCC)c(=O)c1Cc1ccc(-c2ccccc2-c2nnn[nH]2)cc1. The number of ether oxygens (including phenoxy) is 1. The molecule has 0 saturated heterocycles. The van der Waals surface area contributed by atoms with Gasteiger partial charge in [-0.2, -0.15) is 0 Å². The second kappa shape index (κ2) is 11.7. The zero-order chi connectivity index (χ0) is 24.6. The summed E-state index contributed by atoms with van der Waals surface area (Å²) in [6.07, 6.45) is 3.43. The molecule has 0 unspecified atom stereocenters. The molecule has 0 aliphatic rings. The van der Waals surface area contributed by atoms with Crippen molar-refractivity contribution in [2.45, 2.75) is 53.0 Å². The number of aryl methyl sites for hydroxylation is 2. The second-order valence-electron chi connectivity index (χ2n) is 8.51. The molecule has 182 valence electrons. The van der Waals surface area contributed by atoms with E-state index >= 15 is 0 Å². The van der Waals surface area contributed by atoms with Crippen molar-refractivity contribution in [1.29, 1.82) is 0 Å². The van der Waals surface area contributed by atoms with Crippen LogP contribution in [-0.2, 0) is 24.1 Å². The number of aromatic nitrogens is 6. The van der Waals surface area contributed by atoms with Gasteiger partial charge in [0.2, 0.25) is 0 Å². The van der Waals surface area contributed by atoms with E-state index in [0.29, 0.717) is 32.0 Å². The summed E-state index contributed by atoms with van der Waals surface area (Å²) in [6, 6.07) is 16.3. The van der Waals surface area contributed by atoms with Gasteiger partial charge in [-0.15, -0.1) is 5.10 Å². The highest BCUT2D eigenvalue weighted by molar-refractivity contribution is 5.80. The minimum Gasteiger partial charge on any atom is -0.380 e. The Labute approximate surface area is 205 Å². The number of aromatic amines is 1. The summed E-state index contributed by atoms with van der Waals surface area (Å²) < 4.78 is 7.24. The predicted molar refractivity (Wildman–Crippen MR) is 136 cm³/mol. The molecule has 35 heavy (non-hydrogen) atoms. The Kier molecular flexibility index (Phi) is 8.15. The molecule has 0 amide bonds. The Morgan fingerprint density at radius 1 is 1.03 bits per heavy atom. The number of nitrogens with zero attached hydrogens (tertiary/aromatic N) is 5. The standard InChI is InChI=1S/C27H32N6O2/c1-4-6-11-25-24(27(34)33(19(3)28-25)16-17-35-5-2)18-20-12-14-21(15-13-20)22-9-7-8-10-23(22)26-29-31-32-30-26/h7-10,12-15H,4-6,11,16-18H2,1-3H3,(H,29,30,31,32). The minimum atomic E-state index is 0.0375. The molecular weight excluding hydrogens is 440 g/mol. The lowest BCUT2D eigenvalue weighted by Gasteiger charge is -2.16. The fourth-order valence-electron chi connectivity index (χ4n) is 4.27. The van der Waals surface area contributed by atoms with E-state index in [1.54, 1.807) is 4.57 Å². The Morgan fingerprint density at radius 3 is 2.49 bits per heavy atom. The summed E-state index contributed by atoms with van der Waals surface area (Å²) >= 11 is 0. The molecule has 0 aliphatic heterocycles. The summed E-state index contributed by atoms with van der Waals surface area (Å²) in [5.41, 5.74) is 5.84. The van der Waals surface area contributed by atoms with Crippen molar-refractivity contribution in [2.75, 3.05) is 13.2 Å². The number of hydrogen-bond acceptors (Lipinski definition) is 6. The second-order valence-corrected chi connectivity index (χ2v) is 8.51. The molecule has 0 radical (unpaired) electrons. The number of benzene rings is 2. The van der Waals surface area contributed by atoms with E-state index in [2.05, 4.69) is 57.9 Å². The van der Waals surface area contributed by atoms with Gasteiger partial charge in [0, 0.05) is 24.2 Å². The first-order valence-electron chi connectivity index (χ1n) is 12.2. The molecule has 2 aromatic heterocycles. The third kappa shape index (κ3) is 5.71. The Morgan fingerprint density at radius 2 is 1.80 bits per heavy atom. The maximum absolute atomic E-state index is 13.5. The van der Waals surface area contributed by atoms with Crippen molar-refractivity contribution in [3.05, 3.63) is 81.5 Å². The fraction of sp³-hybridized carbons (Fsp3) is 0.370. The van der Waals surface area contributed by atoms with Crippen LogP contribution in [0.4, 0.5) is 0 Å². The first-order chi connectivity index (χ1) is 17.1. The Balaban J connectivity index is 1.64. The maximum Gasteiger partial charge on any atom is 0.257 e. The van der Waals surface area contributed by atoms with E-state index in [9.17, 15) is 4.79 Å². The van der Waals surface area contributed by atoms with E-state index < -0.39 is 0 Å². The largest absolute Gasteiger partial charge is 0.380 e. The van der Waals surface area contributed by atoms with Crippen LogP contribution in [0, 0.1) is 6.92 Å². The Hall–Kier alpha value is -3.65. The van der Waals surface area contributed by atoms with Gasteiger partial charge in [0.1, 0.15) is 5.82 Å². The molecule has 4 aromatic rings. The lowest BCUT2D eigenvalue weighted by atomic mass is 9.96. The van der Waals surface area contributed by atoms with E-state index in [1.165, 1.54) is 0 Å². The van der Waals surface area contributed by atoms with Gasteiger partial charge in [-0.25, -0.2) is 10.1 Å². The average molecular weight is 473 g/mol. The van der Waals surface area contributed by atoms with Crippen molar-refractivity contribution in [1.82, 2.24) is 30.2 Å². The monoisotopic (exact) mass is 472 g/mol. The van der Waals surface area contributed by atoms with Crippen LogP contribution in [0.1, 0.15) is 49.3 Å². The van der Waals surface area contributed by atoms with Gasteiger partial charge in [0.25, 0.3) is 5.56 Å². The molecule has 4 rings (SSSR count). The highest BCUT2D eigenvalue weighted by Gasteiger charge is 2.16. The van der Waals surface area contributed by atoms with Crippen molar-refractivity contribution in [3.8, 4) is 22.5 Å². The molecule has 0 spiro atoms. The van der Waals surface area contributed by atoms with E-state index in [4.69, 9.17) is 9.72 Å². The van der Waals surface area contributed by atoms with Crippen LogP contribution in [0.5, 0.6) is 0 Å². The highest BCUT2D eigenvalue weighted by Crippen LogP contribution is 2.30. The normalized spacial score (nSPS) is 11.2. The summed E-state index contributed by atoms with van der Waals surface area (Å²) in [7, 11) is 0. The average Bonchev–Trinajstić information content (AvgIpc) is 3.42. The summed E-state index contributed by atoms with van der Waals surface area (Å²) in [5.74, 6) is 1.38. The van der Waals surface area contributed by atoms with Crippen LogP contribution in [0.15, 0.2) is 53.3 Å². The van der Waals surface area contributed by atoms with Gasteiger partial charge >= 0.3 is 0 Å². The van der Waals surface area contributed by atoms with E-state index in [0.717, 1.165) is 58.6 Å². The molecule has 1 N–H and O–H groups in total. The van der Waals surface area contributed by atoms with Crippen LogP contribution in [-0.4, -0.2) is 43.4 Å². The van der Waals surface area contributed by atoms with Gasteiger partial charge < -0.3 is 4.74 Å². The zero-order valence-electron chi connectivity index (χ0n) is 20.6. The molecule has 0 bridgehead atoms. The van der Waals surface area contributed by atoms with Gasteiger partial charge in [0.05, 0.1) is 18.8 Å². The van der Waals surface area contributed by atoms with Crippen molar-refractivity contribution in [2.24, 2.45) is 0 Å². The Bertz CT molecular complexity index is 1300. The molecule has 2 aromatic carbocycles. The van der Waals surface area contributed by atoms with Gasteiger partial charge in [-0.3, -0.25) is 9.36 Å². The van der Waals surface area contributed by atoms with Crippen molar-refractivity contribution >= 4 is 0 Å². The van der Waals surface area contributed by atoms with Crippen LogP contribution < -0.4 is 5.56 Å². The number of unbranched alkanes of at least 4 members (excludes halogenated alkanes) is 1. The first-order valence-corrected chi connectivity index (χ1v) is 12.2. The van der Waals surface area contributed by atoms with Crippen molar-refractivity contribution < 1.29 is 4.74 Å². The summed E-state index contributed by atoms with van der Waals surface area (Å²) in [5, 5.41) is 14.3. The third-order valence-electron chi connectivity index (χ3n) is 6.14. The lowest BCUT2D eigenvalue weighted by Crippen LogP contribution is -2.30. The van der Waals surface area contributed by atoms with Gasteiger partial charge in [0.15, 0.2) is 5.82 Å². The molecule has 0 fully saturated rings. The van der Waals surface area contributed by atoms with Gasteiger partial charge in [-0.05, 0) is 53.8 Å². The fourth-order valence-corrected chi connectivity index (χ4v) is 4.27. The van der Waals surface area contributed by atoms with Crippen LogP contribution in [0.3, 0.4) is 0 Å². The minimum absolute atomic E-state index is 0.0375. The molecule has 2 heterocycles. The first kappa shape index (κ1) is 24.5. The molecule has 8 heteroatoms. The van der Waals surface area contributed by atoms with Crippen molar-refractivity contribution in [3.63, 3.8) is 0 Å². The topological polar surface area (TPSA) is 98.6 Å². The molecule has 8 nitrogen and oxygen atoms in total. The van der Waals surface area contributed by atoms with Crippen LogP contribution >= 0.6 is 0 Å². The smallest absolute Gasteiger partial charge is 0.257 e. The van der Waals surface area contributed by atoms with Crippen LogP contribution in [0.2, 0.25) is 0 Å². The molecule has 0 saturated carbocycles. The number of tetrazole rings is 1. The number of H-pyrrole nitrogens is 1. The van der Waals surface area contributed by atoms with Gasteiger partial charge in [-0.1, -0.05) is 61.9 Å². The van der Waals surface area contributed by atoms with E-state index in [-0.39, 0.29) is 5.56 Å². The zero-order valence-corrected chi connectivity index (χ0v) is 20.6. The summed E-state index contributed by atoms with van der Waals surface area (Å²) in [4.78, 5) is 18.3. The third-order valence-corrected chi connectivity index (χ3v) is 6.14. The molecule has 0 atom stereocenters. The van der Waals surface area contributed by atoms with E-state index in [1.807, 2.05) is 32.0 Å². The lowest BCUT2D eigenvalue weighted by molar-refractivity contribution is 0.137.